The van der Waals surface area contributed by atoms with Crippen molar-refractivity contribution < 1.29 is 9.90 Å². The number of H-pyrrole nitrogens is 1. The molecular formula is C20H19N5O2. The number of aromatic amines is 1. The number of nitrogens with zero attached hydrogens (tertiary/aromatic N) is 2. The number of aliphatic hydroxyl groups excluding tert-OH is 1. The fourth-order valence-electron chi connectivity index (χ4n) is 3.25. The second-order valence-electron chi connectivity index (χ2n) is 6.59. The topological polar surface area (TPSA) is 105 Å². The van der Waals surface area contributed by atoms with E-state index in [0.29, 0.717) is 22.8 Å². The lowest BCUT2D eigenvalue weighted by Gasteiger charge is -2.19. The van der Waals surface area contributed by atoms with Crippen LogP contribution < -0.4 is 10.2 Å². The molecule has 0 bridgehead atoms. The summed E-state index contributed by atoms with van der Waals surface area (Å²) < 4.78 is 0. The van der Waals surface area contributed by atoms with Gasteiger partial charge in [-0.2, -0.15) is 0 Å². The minimum atomic E-state index is -0.164. The summed E-state index contributed by atoms with van der Waals surface area (Å²) in [5, 5.41) is 21.8. The largest absolute Gasteiger partial charge is 0.509 e. The highest BCUT2D eigenvalue weighted by atomic mass is 16.3. The van der Waals surface area contributed by atoms with Crippen LogP contribution in [0.3, 0.4) is 0 Å². The van der Waals surface area contributed by atoms with Gasteiger partial charge in [0.25, 0.3) is 0 Å². The van der Waals surface area contributed by atoms with E-state index in [9.17, 15) is 9.90 Å². The molecule has 0 radical (unpaired) electrons. The summed E-state index contributed by atoms with van der Waals surface area (Å²) >= 11 is 0. The third kappa shape index (κ3) is 3.03. The van der Waals surface area contributed by atoms with Gasteiger partial charge < -0.3 is 20.3 Å². The number of hydrogen-bond acceptors (Lipinski definition) is 4. The van der Waals surface area contributed by atoms with Gasteiger partial charge in [0.1, 0.15) is 17.4 Å². The maximum atomic E-state index is 11.3. The summed E-state index contributed by atoms with van der Waals surface area (Å²) in [5.41, 5.74) is 4.49. The first-order valence-electron chi connectivity index (χ1n) is 8.55. The highest BCUT2D eigenvalue weighted by Crippen LogP contribution is 2.32. The molecule has 1 amide bonds. The van der Waals surface area contributed by atoms with E-state index in [1.807, 2.05) is 31.2 Å². The molecule has 0 unspecified atom stereocenters. The average Bonchev–Trinajstić information content (AvgIpc) is 3.14. The fraction of sp³-hybridized carbons (Fsp3) is 0.150. The SMILES string of the molecule is CC(=O)Nc1cccc(N2CC(O)=C(c3nc4ccc(C)cc4[nH]3)C2=N)c1. The summed E-state index contributed by atoms with van der Waals surface area (Å²) in [7, 11) is 0. The highest BCUT2D eigenvalue weighted by Gasteiger charge is 2.31. The summed E-state index contributed by atoms with van der Waals surface area (Å²) in [6, 6.07) is 13.0. The zero-order valence-corrected chi connectivity index (χ0v) is 15.0. The minimum absolute atomic E-state index is 0.0840. The molecular weight excluding hydrogens is 342 g/mol. The van der Waals surface area contributed by atoms with Crippen LogP contribution in [0.15, 0.2) is 48.2 Å². The van der Waals surface area contributed by atoms with Crippen molar-refractivity contribution in [3.8, 4) is 0 Å². The molecule has 0 fully saturated rings. The van der Waals surface area contributed by atoms with Crippen molar-refractivity contribution in [1.82, 2.24) is 9.97 Å². The number of rotatable bonds is 3. The maximum absolute atomic E-state index is 11.3. The van der Waals surface area contributed by atoms with E-state index >= 15 is 0 Å². The molecule has 0 atom stereocenters. The number of aromatic nitrogens is 2. The molecule has 4 rings (SSSR count). The average molecular weight is 361 g/mol. The predicted molar refractivity (Wildman–Crippen MR) is 106 cm³/mol. The van der Waals surface area contributed by atoms with Crippen molar-refractivity contribution in [3.63, 3.8) is 0 Å². The van der Waals surface area contributed by atoms with Crippen molar-refractivity contribution in [2.75, 3.05) is 16.8 Å². The van der Waals surface area contributed by atoms with Crippen LogP contribution in [0.2, 0.25) is 0 Å². The monoisotopic (exact) mass is 361 g/mol. The number of anilines is 2. The molecule has 0 saturated carbocycles. The number of amidine groups is 1. The van der Waals surface area contributed by atoms with Gasteiger partial charge in [-0.3, -0.25) is 10.2 Å². The van der Waals surface area contributed by atoms with Gasteiger partial charge in [0.05, 0.1) is 23.2 Å². The quantitative estimate of drug-likeness (QED) is 0.572. The summed E-state index contributed by atoms with van der Waals surface area (Å²) in [6.45, 7) is 3.62. The van der Waals surface area contributed by atoms with Gasteiger partial charge >= 0.3 is 0 Å². The molecule has 4 N–H and O–H groups in total. The second-order valence-corrected chi connectivity index (χ2v) is 6.59. The Labute approximate surface area is 155 Å². The molecule has 136 valence electrons. The molecule has 0 aliphatic carbocycles. The van der Waals surface area contributed by atoms with Crippen LogP contribution in [0, 0.1) is 12.3 Å². The summed E-state index contributed by atoms with van der Waals surface area (Å²) in [4.78, 5) is 20.7. The first-order chi connectivity index (χ1) is 12.9. The Morgan fingerprint density at radius 3 is 2.89 bits per heavy atom. The van der Waals surface area contributed by atoms with Crippen LogP contribution in [0.25, 0.3) is 16.6 Å². The molecule has 7 heteroatoms. The van der Waals surface area contributed by atoms with Crippen molar-refractivity contribution in [3.05, 3.63) is 59.6 Å². The molecule has 1 aromatic heterocycles. The first-order valence-corrected chi connectivity index (χ1v) is 8.55. The van der Waals surface area contributed by atoms with Crippen molar-refractivity contribution in [2.24, 2.45) is 0 Å². The smallest absolute Gasteiger partial charge is 0.221 e. The van der Waals surface area contributed by atoms with E-state index in [-0.39, 0.29) is 24.0 Å². The number of imidazole rings is 1. The summed E-state index contributed by atoms with van der Waals surface area (Å²) in [6.07, 6.45) is 0. The zero-order valence-electron chi connectivity index (χ0n) is 15.0. The van der Waals surface area contributed by atoms with Gasteiger partial charge in [-0.25, -0.2) is 4.98 Å². The third-order valence-electron chi connectivity index (χ3n) is 4.46. The second kappa shape index (κ2) is 6.28. The van der Waals surface area contributed by atoms with Gasteiger partial charge in [-0.1, -0.05) is 12.1 Å². The Kier molecular flexibility index (Phi) is 3.92. The molecule has 27 heavy (non-hydrogen) atoms. The Hall–Kier alpha value is -3.61. The Balaban J connectivity index is 1.67. The van der Waals surface area contributed by atoms with Gasteiger partial charge in [0.2, 0.25) is 5.91 Å². The highest BCUT2D eigenvalue weighted by molar-refractivity contribution is 6.30. The number of benzene rings is 2. The van der Waals surface area contributed by atoms with Crippen molar-refractivity contribution in [1.29, 1.82) is 5.41 Å². The standard InChI is InChI=1S/C20H19N5O2/c1-11-6-7-15-16(8-11)24-20(23-15)18-17(27)10-25(19(18)21)14-5-3-4-13(9-14)22-12(2)26/h3-9,21,27H,10H2,1-2H3,(H,22,26)(H,23,24). The van der Waals surface area contributed by atoms with E-state index in [0.717, 1.165) is 16.6 Å². The molecule has 3 aromatic rings. The lowest BCUT2D eigenvalue weighted by Crippen LogP contribution is -2.26. The number of carbonyl (C=O) groups excluding carboxylic acids is 1. The fourth-order valence-corrected chi connectivity index (χ4v) is 3.25. The predicted octanol–water partition coefficient (Wildman–Crippen LogP) is 3.60. The lowest BCUT2D eigenvalue weighted by atomic mass is 10.2. The Morgan fingerprint density at radius 1 is 1.30 bits per heavy atom. The number of hydrogen-bond donors (Lipinski definition) is 4. The summed E-state index contributed by atoms with van der Waals surface area (Å²) in [5.74, 6) is 0.547. The zero-order chi connectivity index (χ0) is 19.1. The van der Waals surface area contributed by atoms with Crippen molar-refractivity contribution >= 4 is 39.7 Å². The van der Waals surface area contributed by atoms with Gasteiger partial charge in [-0.15, -0.1) is 0 Å². The normalized spacial score (nSPS) is 14.3. The van der Waals surface area contributed by atoms with E-state index in [1.54, 1.807) is 23.1 Å². The number of aliphatic hydroxyl groups is 1. The number of nitrogens with one attached hydrogen (secondary N) is 3. The van der Waals surface area contributed by atoms with Crippen molar-refractivity contribution in [2.45, 2.75) is 13.8 Å². The molecule has 0 saturated heterocycles. The number of carbonyl (C=O) groups is 1. The first kappa shape index (κ1) is 16.8. The van der Waals surface area contributed by atoms with Crippen LogP contribution in [0.5, 0.6) is 0 Å². The van der Waals surface area contributed by atoms with Gasteiger partial charge in [0.15, 0.2) is 0 Å². The number of aryl methyl sites for hydroxylation is 1. The van der Waals surface area contributed by atoms with Crippen LogP contribution in [-0.2, 0) is 4.79 Å². The molecule has 1 aliphatic rings. The number of amides is 1. The van der Waals surface area contributed by atoms with Crippen LogP contribution in [-0.4, -0.2) is 33.4 Å². The maximum Gasteiger partial charge on any atom is 0.221 e. The van der Waals surface area contributed by atoms with Crippen LogP contribution >= 0.6 is 0 Å². The lowest BCUT2D eigenvalue weighted by molar-refractivity contribution is -0.114. The van der Waals surface area contributed by atoms with Crippen LogP contribution in [0.4, 0.5) is 11.4 Å². The third-order valence-corrected chi connectivity index (χ3v) is 4.46. The van der Waals surface area contributed by atoms with Gasteiger partial charge in [-0.05, 0) is 42.8 Å². The number of fused-ring (bicyclic) bond motifs is 1. The van der Waals surface area contributed by atoms with Crippen LogP contribution in [0.1, 0.15) is 18.3 Å². The molecule has 7 nitrogen and oxygen atoms in total. The molecule has 1 aliphatic heterocycles. The molecule has 2 heterocycles. The molecule has 0 spiro atoms. The van der Waals surface area contributed by atoms with Gasteiger partial charge in [0, 0.05) is 18.3 Å². The van der Waals surface area contributed by atoms with E-state index in [1.165, 1.54) is 6.92 Å². The van der Waals surface area contributed by atoms with E-state index in [2.05, 4.69) is 15.3 Å². The van der Waals surface area contributed by atoms with E-state index < -0.39 is 0 Å². The van der Waals surface area contributed by atoms with E-state index in [4.69, 9.17) is 5.41 Å². The Bertz CT molecular complexity index is 1110. The molecule has 2 aromatic carbocycles. The minimum Gasteiger partial charge on any atom is -0.509 e. The Morgan fingerprint density at radius 2 is 2.11 bits per heavy atom.